The third-order valence-corrected chi connectivity index (χ3v) is 18.0. The SMILES string of the molecule is CCCCCCCC/C=C\CCCCCCCCCC(=O)O[C@H]1CC(C)(C)[C@]2(CC(=O)/C(C)=C/C=C/C(C)=C/C=C/C=C(C)/C=C/C=C(\C)C=C=C3C(C)(C)C[C@H](OC(=O)CCCCCCCCCCCCCCC)C[C@@]3(C)O)O[C@]2(C)C1. The van der Waals surface area contributed by atoms with E-state index in [0.29, 0.717) is 50.5 Å². The molecule has 0 unspecified atom stereocenters. The summed E-state index contributed by atoms with van der Waals surface area (Å²) in [6, 6.07) is 0. The maximum absolute atomic E-state index is 13.6. The average molecular weight is 1150 g/mol. The number of Topliss-reactive ketones (excluding diaryl/α,β-unsaturated/α-hetero) is 1. The molecule has 3 fully saturated rings. The highest BCUT2D eigenvalue weighted by Crippen LogP contribution is 2.67. The summed E-state index contributed by atoms with van der Waals surface area (Å²) < 4.78 is 18.5. The molecule has 1 saturated heterocycles. The minimum Gasteiger partial charge on any atom is -0.462 e. The van der Waals surface area contributed by atoms with Crippen molar-refractivity contribution in [2.45, 2.75) is 337 Å². The van der Waals surface area contributed by atoms with E-state index in [4.69, 9.17) is 14.2 Å². The van der Waals surface area contributed by atoms with Crippen molar-refractivity contribution in [2.24, 2.45) is 10.8 Å². The van der Waals surface area contributed by atoms with Crippen LogP contribution in [-0.2, 0) is 28.6 Å². The predicted molar refractivity (Wildman–Crippen MR) is 351 cm³/mol. The molecule has 0 aromatic rings. The van der Waals surface area contributed by atoms with Gasteiger partial charge in [0.15, 0.2) is 5.78 Å². The largest absolute Gasteiger partial charge is 0.462 e. The number of unbranched alkanes of at least 4 members (excludes halogenated alkanes) is 25. The summed E-state index contributed by atoms with van der Waals surface area (Å²) in [5, 5.41) is 11.6. The molecule has 0 aromatic heterocycles. The van der Waals surface area contributed by atoms with Crippen LogP contribution in [-0.4, -0.2) is 51.8 Å². The minimum absolute atomic E-state index is 0.0797. The number of ketones is 1. The first-order valence-electron chi connectivity index (χ1n) is 33.8. The molecule has 0 bridgehead atoms. The Kier molecular flexibility index (Phi) is 35.0. The Labute approximate surface area is 509 Å². The molecule has 7 heteroatoms. The van der Waals surface area contributed by atoms with Crippen LogP contribution in [0, 0.1) is 10.8 Å². The molecule has 2 aliphatic carbocycles. The summed E-state index contributed by atoms with van der Waals surface area (Å²) in [5.41, 5.74) is 5.24. The second-order valence-corrected chi connectivity index (χ2v) is 27.2. The summed E-state index contributed by atoms with van der Waals surface area (Å²) >= 11 is 0. The second kappa shape index (κ2) is 39.6. The van der Waals surface area contributed by atoms with Gasteiger partial charge in [0.2, 0.25) is 0 Å². The van der Waals surface area contributed by atoms with Crippen molar-refractivity contribution in [3.05, 3.63) is 113 Å². The van der Waals surface area contributed by atoms with Crippen molar-refractivity contribution in [1.82, 2.24) is 0 Å². The van der Waals surface area contributed by atoms with Crippen molar-refractivity contribution >= 4 is 17.7 Å². The van der Waals surface area contributed by atoms with Crippen LogP contribution < -0.4 is 0 Å². The van der Waals surface area contributed by atoms with E-state index in [1.807, 2.05) is 82.4 Å². The average Bonchev–Trinajstić information content (AvgIpc) is 1.58. The van der Waals surface area contributed by atoms with Crippen LogP contribution in [0.3, 0.4) is 0 Å². The lowest BCUT2D eigenvalue weighted by Crippen LogP contribution is -2.49. The van der Waals surface area contributed by atoms with Crippen LogP contribution >= 0.6 is 0 Å². The molecule has 468 valence electrons. The zero-order valence-corrected chi connectivity index (χ0v) is 55.3. The lowest BCUT2D eigenvalue weighted by atomic mass is 9.61. The Bertz CT molecular complexity index is 2230. The molecule has 7 nitrogen and oxygen atoms in total. The van der Waals surface area contributed by atoms with E-state index < -0.39 is 16.8 Å². The van der Waals surface area contributed by atoms with Crippen molar-refractivity contribution < 1.29 is 33.7 Å². The summed E-state index contributed by atoms with van der Waals surface area (Å²) in [5.74, 6) is -0.178. The molecule has 1 N–H and O–H groups in total. The Morgan fingerprint density at radius 1 is 0.518 bits per heavy atom. The number of rotatable bonds is 43. The van der Waals surface area contributed by atoms with Crippen LogP contribution in [0.25, 0.3) is 0 Å². The molecule has 0 amide bonds. The van der Waals surface area contributed by atoms with E-state index >= 15 is 0 Å². The number of aliphatic hydroxyl groups is 1. The monoisotopic (exact) mass is 1150 g/mol. The van der Waals surface area contributed by atoms with Crippen LogP contribution in [0.2, 0.25) is 0 Å². The quantitative estimate of drug-likeness (QED) is 0.0123. The number of fused-ring (bicyclic) bond motifs is 1. The number of epoxide rings is 1. The van der Waals surface area contributed by atoms with Gasteiger partial charge in [-0.2, -0.15) is 0 Å². The Balaban J connectivity index is 1.34. The summed E-state index contributed by atoms with van der Waals surface area (Å²) in [4.78, 5) is 39.4. The van der Waals surface area contributed by atoms with Crippen molar-refractivity contribution in [3.63, 3.8) is 0 Å². The van der Waals surface area contributed by atoms with Crippen LogP contribution in [0.4, 0.5) is 0 Å². The summed E-state index contributed by atoms with van der Waals surface area (Å²) in [6.07, 6.45) is 65.2. The standard InChI is InChI=1S/C76H122O7/c1-13-15-17-19-21-23-25-27-28-29-30-32-34-36-38-40-42-54-71(79)82-67-58-73(9,10)76(75(12,60-67)83-76)61-68(77)65(6)52-46-51-63(4)48-44-43-47-62(3)49-45-50-64(5)55-56-69-72(7,8)57-66(59-74(69,11)80)81-70(78)53-41-39-37-35-33-31-26-24-22-20-18-16-14-2/h27-28,43-52,55,66-67,80H,13-26,29-42,53-54,57-61H2,1-12H3/b28-27-,44-43+,49-45+,51-46+,62-47+,63-48+,64-50+,65-52+/t56?,66-,67-,74+,75+,76-/m0/s1. The molecule has 1 aliphatic heterocycles. The molecule has 0 radical (unpaired) electrons. The molecule has 83 heavy (non-hydrogen) atoms. The molecule has 5 atom stereocenters. The fourth-order valence-corrected chi connectivity index (χ4v) is 13.0. The predicted octanol–water partition coefficient (Wildman–Crippen LogP) is 21.5. The van der Waals surface area contributed by atoms with Gasteiger partial charge in [0.05, 0.1) is 11.2 Å². The van der Waals surface area contributed by atoms with Gasteiger partial charge in [-0.25, -0.2) is 0 Å². The van der Waals surface area contributed by atoms with Crippen molar-refractivity contribution in [2.75, 3.05) is 0 Å². The van der Waals surface area contributed by atoms with E-state index in [1.54, 1.807) is 0 Å². The molecule has 0 aromatic carbocycles. The molecular formula is C76H122O7. The van der Waals surface area contributed by atoms with Gasteiger partial charge in [0.25, 0.3) is 0 Å². The highest BCUT2D eigenvalue weighted by Gasteiger charge is 2.76. The van der Waals surface area contributed by atoms with Crippen LogP contribution in [0.15, 0.2) is 113 Å². The maximum atomic E-state index is 13.6. The van der Waals surface area contributed by atoms with Gasteiger partial charge in [-0.05, 0) is 116 Å². The van der Waals surface area contributed by atoms with E-state index in [9.17, 15) is 19.5 Å². The van der Waals surface area contributed by atoms with E-state index in [0.717, 1.165) is 48.0 Å². The maximum Gasteiger partial charge on any atom is 0.306 e. The molecule has 1 heterocycles. The van der Waals surface area contributed by atoms with Gasteiger partial charge in [0, 0.05) is 43.1 Å². The molecular weight excluding hydrogens is 1020 g/mol. The Morgan fingerprint density at radius 2 is 0.928 bits per heavy atom. The first-order chi connectivity index (χ1) is 39.6. The van der Waals surface area contributed by atoms with Gasteiger partial charge in [-0.1, -0.05) is 267 Å². The highest BCUT2D eigenvalue weighted by atomic mass is 16.6. The van der Waals surface area contributed by atoms with Gasteiger partial charge < -0.3 is 19.3 Å². The number of ether oxygens (including phenoxy) is 3. The zero-order chi connectivity index (χ0) is 61.0. The van der Waals surface area contributed by atoms with Gasteiger partial charge in [0.1, 0.15) is 17.8 Å². The molecule has 0 spiro atoms. The van der Waals surface area contributed by atoms with Crippen molar-refractivity contribution in [1.29, 1.82) is 0 Å². The summed E-state index contributed by atoms with van der Waals surface area (Å²) in [6.45, 7) is 25.0. The highest BCUT2D eigenvalue weighted by molar-refractivity contribution is 5.96. The Morgan fingerprint density at radius 3 is 1.37 bits per heavy atom. The van der Waals surface area contributed by atoms with Crippen LogP contribution in [0.5, 0.6) is 0 Å². The lowest BCUT2D eigenvalue weighted by molar-refractivity contribution is -0.156. The minimum atomic E-state index is -1.13. The number of hydrogen-bond acceptors (Lipinski definition) is 7. The third kappa shape index (κ3) is 28.8. The molecule has 2 saturated carbocycles. The van der Waals surface area contributed by atoms with E-state index in [1.165, 1.54) is 154 Å². The topological polar surface area (TPSA) is 102 Å². The van der Waals surface area contributed by atoms with Crippen molar-refractivity contribution in [3.8, 4) is 0 Å². The van der Waals surface area contributed by atoms with E-state index in [2.05, 4.69) is 85.4 Å². The second-order valence-electron chi connectivity index (χ2n) is 27.2. The van der Waals surface area contributed by atoms with Gasteiger partial charge in [-0.15, -0.1) is 5.73 Å². The number of carbonyl (C=O) groups excluding carboxylic acids is 3. The van der Waals surface area contributed by atoms with Gasteiger partial charge in [-0.3, -0.25) is 14.4 Å². The normalized spacial score (nSPS) is 23.8. The molecule has 3 aliphatic rings. The fourth-order valence-electron chi connectivity index (χ4n) is 13.0. The van der Waals surface area contributed by atoms with Gasteiger partial charge >= 0.3 is 11.9 Å². The first kappa shape index (κ1) is 73.2. The number of carbonyl (C=O) groups is 3. The third-order valence-electron chi connectivity index (χ3n) is 18.0. The summed E-state index contributed by atoms with van der Waals surface area (Å²) in [7, 11) is 0. The number of hydrogen-bond donors (Lipinski definition) is 1. The number of esters is 2. The van der Waals surface area contributed by atoms with Crippen LogP contribution in [0.1, 0.15) is 308 Å². The Hall–Kier alpha value is -4.03. The number of allylic oxidation sites excluding steroid dienone is 16. The lowest BCUT2D eigenvalue weighted by Gasteiger charge is -2.44. The first-order valence-corrected chi connectivity index (χ1v) is 33.8. The zero-order valence-electron chi connectivity index (χ0n) is 55.3. The van der Waals surface area contributed by atoms with E-state index in [-0.39, 0.29) is 40.8 Å². The fraction of sp³-hybridized carbons (Fsp3) is 0.711. The smallest absolute Gasteiger partial charge is 0.306 e. The molecule has 3 rings (SSSR count).